The second-order valence-electron chi connectivity index (χ2n) is 7.80. The quantitative estimate of drug-likeness (QED) is 0.616. The van der Waals surface area contributed by atoms with Crippen molar-refractivity contribution in [2.45, 2.75) is 43.9 Å². The Morgan fingerprint density at radius 1 is 0.968 bits per heavy atom. The lowest BCUT2D eigenvalue weighted by atomic mass is 10.0. The van der Waals surface area contributed by atoms with Crippen LogP contribution in [0.25, 0.3) is 5.82 Å². The minimum atomic E-state index is -4.48. The summed E-state index contributed by atoms with van der Waals surface area (Å²) in [7, 11) is 0. The number of rotatable bonds is 5. The molecule has 4 heterocycles. The Balaban J connectivity index is 1.31. The summed E-state index contributed by atoms with van der Waals surface area (Å²) in [5.41, 5.74) is -0.897. The van der Waals surface area contributed by atoms with Gasteiger partial charge in [0.15, 0.2) is 5.82 Å². The van der Waals surface area contributed by atoms with Crippen molar-refractivity contribution in [2.75, 3.05) is 22.9 Å². The van der Waals surface area contributed by atoms with Crippen LogP contribution in [0.15, 0.2) is 43.2 Å². The smallest absolute Gasteiger partial charge is 0.355 e. The first-order valence-electron chi connectivity index (χ1n) is 10.2. The van der Waals surface area contributed by atoms with Crippen LogP contribution < -0.4 is 9.80 Å². The maximum atomic E-state index is 13.1. The summed E-state index contributed by atoms with van der Waals surface area (Å²) in [5.74, 6) is 1.78. The molecule has 162 valence electrons. The van der Waals surface area contributed by atoms with Gasteiger partial charge in [-0.25, -0.2) is 19.6 Å². The second kappa shape index (κ2) is 7.78. The highest BCUT2D eigenvalue weighted by Crippen LogP contribution is 2.37. The summed E-state index contributed by atoms with van der Waals surface area (Å²) in [6.07, 6.45) is 6.97. The average Bonchev–Trinajstić information content (AvgIpc) is 3.45. The summed E-state index contributed by atoms with van der Waals surface area (Å²) in [5, 5.41) is 4.19. The maximum Gasteiger partial charge on any atom is 0.433 e. The highest BCUT2D eigenvalue weighted by atomic mass is 19.4. The van der Waals surface area contributed by atoms with Crippen LogP contribution in [0.5, 0.6) is 0 Å². The minimum absolute atomic E-state index is 0.127. The first-order valence-corrected chi connectivity index (χ1v) is 10.2. The van der Waals surface area contributed by atoms with Gasteiger partial charge in [-0.1, -0.05) is 0 Å². The normalized spacial score (nSPS) is 17.7. The van der Waals surface area contributed by atoms with E-state index in [9.17, 15) is 13.2 Å². The van der Waals surface area contributed by atoms with Gasteiger partial charge in [-0.2, -0.15) is 18.3 Å². The highest BCUT2D eigenvalue weighted by Gasteiger charge is 2.39. The molecule has 0 N–H and O–H groups in total. The van der Waals surface area contributed by atoms with Crippen LogP contribution in [-0.4, -0.2) is 54.9 Å². The molecule has 1 aliphatic heterocycles. The van der Waals surface area contributed by atoms with E-state index in [2.05, 4.69) is 34.8 Å². The summed E-state index contributed by atoms with van der Waals surface area (Å²) in [6.45, 7) is 1.48. The van der Waals surface area contributed by atoms with E-state index in [1.165, 1.54) is 0 Å². The van der Waals surface area contributed by atoms with Gasteiger partial charge in [0.25, 0.3) is 0 Å². The van der Waals surface area contributed by atoms with E-state index >= 15 is 0 Å². The first kappa shape index (κ1) is 19.7. The van der Waals surface area contributed by atoms with Gasteiger partial charge in [-0.3, -0.25) is 4.98 Å². The van der Waals surface area contributed by atoms with E-state index in [1.807, 2.05) is 12.3 Å². The molecule has 0 atom stereocenters. The standard InChI is InChI=1S/C20H21F3N8/c21-20(22,23)16-10-17(26-13-25-16)31(14-2-3-14)15-4-8-29(9-5-15)18-11-24-12-19(28-18)30-7-1-6-27-30/h1,6-7,10-15H,2-5,8-9H2. The van der Waals surface area contributed by atoms with Crippen LogP contribution in [0, 0.1) is 0 Å². The van der Waals surface area contributed by atoms with E-state index in [0.717, 1.165) is 57.0 Å². The first-order chi connectivity index (χ1) is 15.0. The lowest BCUT2D eigenvalue weighted by Crippen LogP contribution is -2.46. The number of piperidine rings is 1. The Bertz CT molecular complexity index is 1030. The molecule has 2 fully saturated rings. The molecule has 0 radical (unpaired) electrons. The van der Waals surface area contributed by atoms with E-state index in [0.29, 0.717) is 11.6 Å². The van der Waals surface area contributed by atoms with Gasteiger partial charge in [0.2, 0.25) is 0 Å². The Labute approximate surface area is 176 Å². The summed E-state index contributed by atoms with van der Waals surface area (Å²) < 4.78 is 41.0. The van der Waals surface area contributed by atoms with Crippen LogP contribution in [0.2, 0.25) is 0 Å². The zero-order valence-electron chi connectivity index (χ0n) is 16.7. The molecule has 3 aromatic rings. The van der Waals surface area contributed by atoms with E-state index < -0.39 is 11.9 Å². The predicted molar refractivity (Wildman–Crippen MR) is 107 cm³/mol. The highest BCUT2D eigenvalue weighted by molar-refractivity contribution is 5.46. The van der Waals surface area contributed by atoms with Crippen molar-refractivity contribution < 1.29 is 13.2 Å². The topological polar surface area (TPSA) is 75.9 Å². The number of aromatic nitrogens is 6. The summed E-state index contributed by atoms with van der Waals surface area (Å²) >= 11 is 0. The third-order valence-corrected chi connectivity index (χ3v) is 5.68. The molecule has 0 bridgehead atoms. The molecule has 8 nitrogen and oxygen atoms in total. The van der Waals surface area contributed by atoms with Crippen molar-refractivity contribution >= 4 is 11.6 Å². The zero-order chi connectivity index (χ0) is 21.4. The van der Waals surface area contributed by atoms with Crippen molar-refractivity contribution in [1.82, 2.24) is 29.7 Å². The van der Waals surface area contributed by atoms with Gasteiger partial charge in [0.1, 0.15) is 23.7 Å². The molecule has 0 unspecified atom stereocenters. The molecule has 0 aromatic carbocycles. The molecule has 3 aromatic heterocycles. The van der Waals surface area contributed by atoms with Crippen LogP contribution in [0.4, 0.5) is 24.8 Å². The monoisotopic (exact) mass is 430 g/mol. The molecular formula is C20H21F3N8. The molecule has 2 aliphatic rings. The van der Waals surface area contributed by atoms with Crippen molar-refractivity contribution in [3.63, 3.8) is 0 Å². The third-order valence-electron chi connectivity index (χ3n) is 5.68. The Morgan fingerprint density at radius 2 is 1.71 bits per heavy atom. The zero-order valence-corrected chi connectivity index (χ0v) is 16.7. The number of hydrogen-bond donors (Lipinski definition) is 0. The van der Waals surface area contributed by atoms with Gasteiger partial charge in [0, 0.05) is 43.6 Å². The van der Waals surface area contributed by atoms with Crippen molar-refractivity contribution in [3.05, 3.63) is 48.9 Å². The summed E-state index contributed by atoms with van der Waals surface area (Å²) in [6, 6.07) is 3.27. The Hall–Kier alpha value is -3.24. The van der Waals surface area contributed by atoms with Gasteiger partial charge in [0.05, 0.1) is 12.4 Å². The number of hydrogen-bond acceptors (Lipinski definition) is 7. The van der Waals surface area contributed by atoms with E-state index in [-0.39, 0.29) is 12.1 Å². The van der Waals surface area contributed by atoms with Crippen molar-refractivity contribution in [3.8, 4) is 5.82 Å². The van der Waals surface area contributed by atoms with E-state index in [4.69, 9.17) is 0 Å². The SMILES string of the molecule is FC(F)(F)c1cc(N(C2CC2)C2CCN(c3cncc(-n4cccn4)n3)CC2)ncn1. The van der Waals surface area contributed by atoms with Crippen molar-refractivity contribution in [1.29, 1.82) is 0 Å². The fraction of sp³-hybridized carbons (Fsp3) is 0.450. The predicted octanol–water partition coefficient (Wildman–Crippen LogP) is 3.11. The molecular weight excluding hydrogens is 409 g/mol. The number of halogens is 3. The van der Waals surface area contributed by atoms with Crippen LogP contribution >= 0.6 is 0 Å². The molecule has 11 heteroatoms. The molecule has 0 amide bonds. The Morgan fingerprint density at radius 3 is 2.39 bits per heavy atom. The van der Waals surface area contributed by atoms with Gasteiger partial charge in [-0.05, 0) is 31.7 Å². The van der Waals surface area contributed by atoms with Crippen LogP contribution in [-0.2, 0) is 6.18 Å². The fourth-order valence-corrected chi connectivity index (χ4v) is 4.05. The molecule has 0 spiro atoms. The van der Waals surface area contributed by atoms with Gasteiger partial charge >= 0.3 is 6.18 Å². The van der Waals surface area contributed by atoms with Crippen molar-refractivity contribution in [2.24, 2.45) is 0 Å². The molecule has 1 saturated heterocycles. The maximum absolute atomic E-state index is 13.1. The van der Waals surface area contributed by atoms with Gasteiger partial charge < -0.3 is 9.80 Å². The molecule has 5 rings (SSSR count). The number of nitrogens with zero attached hydrogens (tertiary/aromatic N) is 8. The van der Waals surface area contributed by atoms with Crippen LogP contribution in [0.3, 0.4) is 0 Å². The third kappa shape index (κ3) is 4.17. The molecule has 1 aliphatic carbocycles. The second-order valence-corrected chi connectivity index (χ2v) is 7.80. The fourth-order valence-electron chi connectivity index (χ4n) is 4.05. The van der Waals surface area contributed by atoms with E-state index in [1.54, 1.807) is 23.3 Å². The van der Waals surface area contributed by atoms with Crippen LogP contribution in [0.1, 0.15) is 31.4 Å². The minimum Gasteiger partial charge on any atom is -0.355 e. The molecule has 1 saturated carbocycles. The number of anilines is 2. The largest absolute Gasteiger partial charge is 0.433 e. The Kier molecular flexibility index (Phi) is 4.95. The number of alkyl halides is 3. The average molecular weight is 430 g/mol. The van der Waals surface area contributed by atoms with Gasteiger partial charge in [-0.15, -0.1) is 0 Å². The summed E-state index contributed by atoms with van der Waals surface area (Å²) in [4.78, 5) is 20.8. The lowest BCUT2D eigenvalue weighted by Gasteiger charge is -2.39. The lowest BCUT2D eigenvalue weighted by molar-refractivity contribution is -0.141. The molecule has 31 heavy (non-hydrogen) atoms.